The third kappa shape index (κ3) is 7.52. The van der Waals surface area contributed by atoms with Crippen molar-refractivity contribution in [2.45, 2.75) is 58.2 Å². The minimum Gasteiger partial charge on any atom is -0.467 e. The largest absolute Gasteiger partial charge is 0.467 e. The molecule has 1 heterocycles. The molecular weight excluding hydrogens is 428 g/mol. The first-order valence-corrected chi connectivity index (χ1v) is 10.7. The summed E-state index contributed by atoms with van der Waals surface area (Å²) in [7, 11) is 1.25. The molecule has 1 aliphatic heterocycles. The van der Waals surface area contributed by atoms with Crippen LogP contribution < -0.4 is 5.32 Å². The van der Waals surface area contributed by atoms with Crippen LogP contribution in [0.5, 0.6) is 0 Å². The minimum absolute atomic E-state index is 0.134. The summed E-state index contributed by atoms with van der Waals surface area (Å²) in [5.41, 5.74) is 0.874. The molecule has 1 aromatic carbocycles. The number of nitrogens with zero attached hydrogens (tertiary/aromatic N) is 1. The Labute approximate surface area is 193 Å². The minimum atomic E-state index is -0.840. The maximum Gasteiger partial charge on any atom is 0.408 e. The van der Waals surface area contributed by atoms with Gasteiger partial charge in [0, 0.05) is 18.7 Å². The highest BCUT2D eigenvalue weighted by molar-refractivity contribution is 6.01. The van der Waals surface area contributed by atoms with Gasteiger partial charge in [0.1, 0.15) is 11.6 Å². The monoisotopic (exact) mass is 458 g/mol. The summed E-state index contributed by atoms with van der Waals surface area (Å²) in [6.07, 6.45) is 5.92. The quantitative estimate of drug-likeness (QED) is 0.262. The van der Waals surface area contributed by atoms with Gasteiger partial charge in [0.15, 0.2) is 6.61 Å². The van der Waals surface area contributed by atoms with Crippen LogP contribution >= 0.6 is 0 Å². The van der Waals surface area contributed by atoms with Gasteiger partial charge in [0.05, 0.1) is 12.7 Å². The Morgan fingerprint density at radius 1 is 1.24 bits per heavy atom. The number of fused-ring (bicyclic) bond motifs is 1. The summed E-state index contributed by atoms with van der Waals surface area (Å²) in [6.45, 7) is 5.96. The van der Waals surface area contributed by atoms with E-state index in [1.165, 1.54) is 13.2 Å². The number of carbonyl (C=O) groups is 4. The molecule has 0 saturated carbocycles. The number of unbranched alkanes of at least 4 members (excludes halogenated alkanes) is 1. The molecule has 1 aliphatic rings. The molecule has 0 aromatic heterocycles. The lowest BCUT2D eigenvalue weighted by Crippen LogP contribution is -2.44. The highest BCUT2D eigenvalue weighted by atomic mass is 16.6. The first-order valence-electron chi connectivity index (χ1n) is 10.7. The van der Waals surface area contributed by atoms with Crippen molar-refractivity contribution in [1.82, 2.24) is 10.2 Å². The van der Waals surface area contributed by atoms with E-state index >= 15 is 0 Å². The number of hydrogen-bond acceptors (Lipinski definition) is 7. The highest BCUT2D eigenvalue weighted by Gasteiger charge is 2.29. The van der Waals surface area contributed by atoms with E-state index < -0.39 is 29.7 Å². The van der Waals surface area contributed by atoms with Crippen molar-refractivity contribution in [2.75, 3.05) is 20.3 Å². The van der Waals surface area contributed by atoms with Gasteiger partial charge in [-0.1, -0.05) is 12.0 Å². The van der Waals surface area contributed by atoms with Crippen LogP contribution in [-0.4, -0.2) is 60.7 Å². The predicted molar refractivity (Wildman–Crippen MR) is 119 cm³/mol. The van der Waals surface area contributed by atoms with Crippen LogP contribution in [0.25, 0.3) is 0 Å². The third-order valence-corrected chi connectivity index (χ3v) is 4.86. The van der Waals surface area contributed by atoms with Crippen molar-refractivity contribution >= 4 is 23.9 Å². The molecule has 9 heteroatoms. The van der Waals surface area contributed by atoms with Crippen molar-refractivity contribution in [3.8, 4) is 12.3 Å². The van der Waals surface area contributed by atoms with Gasteiger partial charge in [0.2, 0.25) is 0 Å². The Kier molecular flexibility index (Phi) is 8.85. The van der Waals surface area contributed by atoms with Crippen LogP contribution in [0.1, 0.15) is 66.3 Å². The fraction of sp³-hybridized carbons (Fsp3) is 0.500. The Balaban J connectivity index is 1.88. The van der Waals surface area contributed by atoms with E-state index in [1.54, 1.807) is 37.8 Å². The molecule has 178 valence electrons. The molecule has 33 heavy (non-hydrogen) atoms. The van der Waals surface area contributed by atoms with Crippen molar-refractivity contribution in [2.24, 2.45) is 0 Å². The van der Waals surface area contributed by atoms with Gasteiger partial charge in [-0.25, -0.2) is 14.4 Å². The molecule has 1 aromatic rings. The number of nitrogens with one attached hydrogen (secondary N) is 1. The lowest BCUT2D eigenvalue weighted by molar-refractivity contribution is -0.143. The van der Waals surface area contributed by atoms with Crippen LogP contribution in [0, 0.1) is 12.3 Å². The molecule has 0 fully saturated rings. The van der Waals surface area contributed by atoms with Crippen molar-refractivity contribution in [3.05, 3.63) is 34.9 Å². The Morgan fingerprint density at radius 3 is 2.61 bits per heavy atom. The molecule has 2 amide bonds. The number of amides is 2. The van der Waals surface area contributed by atoms with E-state index in [-0.39, 0.29) is 18.1 Å². The Hall–Kier alpha value is -3.54. The summed E-state index contributed by atoms with van der Waals surface area (Å²) < 4.78 is 14.9. The maximum atomic E-state index is 12.7. The van der Waals surface area contributed by atoms with Crippen LogP contribution in [0.4, 0.5) is 4.79 Å². The molecule has 0 bridgehead atoms. The standard InChI is InChI=1S/C24H30N2O7/c1-6-13-32-21(28)16-10-11-17-15-26(20(27)18(17)14-16)12-8-7-9-19(22(29)31-5)25-23(30)33-24(2,3)4/h1,10-11,14,19H,7-9,12-13,15H2,2-5H3,(H,25,30)/t19-/m0/s1. The first kappa shape index (κ1) is 25.7. The summed E-state index contributed by atoms with van der Waals surface area (Å²) >= 11 is 0. The summed E-state index contributed by atoms with van der Waals surface area (Å²) in [6, 6.07) is 4.03. The lowest BCUT2D eigenvalue weighted by atomic mass is 10.1. The number of hydrogen-bond donors (Lipinski definition) is 1. The van der Waals surface area contributed by atoms with Gasteiger partial charge in [-0.2, -0.15) is 0 Å². The molecule has 0 aliphatic carbocycles. The third-order valence-electron chi connectivity index (χ3n) is 4.86. The number of carbonyl (C=O) groups excluding carboxylic acids is 4. The molecule has 0 unspecified atom stereocenters. The summed E-state index contributed by atoms with van der Waals surface area (Å²) in [5, 5.41) is 2.53. The second-order valence-corrected chi connectivity index (χ2v) is 8.60. The fourth-order valence-corrected chi connectivity index (χ4v) is 3.35. The number of terminal acetylenes is 1. The number of ether oxygens (including phenoxy) is 3. The second-order valence-electron chi connectivity index (χ2n) is 8.60. The number of esters is 2. The topological polar surface area (TPSA) is 111 Å². The molecule has 1 N–H and O–H groups in total. The van der Waals surface area contributed by atoms with Gasteiger partial charge in [-0.05, 0) is 57.7 Å². The SMILES string of the molecule is C#CCOC(=O)c1ccc2c(c1)C(=O)N(CCCC[C@H](NC(=O)OC(C)(C)C)C(=O)OC)C2. The van der Waals surface area contributed by atoms with Crippen molar-refractivity contribution in [3.63, 3.8) is 0 Å². The summed E-state index contributed by atoms with van der Waals surface area (Å²) in [4.78, 5) is 50.4. The smallest absolute Gasteiger partial charge is 0.408 e. The zero-order valence-electron chi connectivity index (χ0n) is 19.4. The van der Waals surface area contributed by atoms with E-state index in [9.17, 15) is 19.2 Å². The van der Waals surface area contributed by atoms with E-state index in [0.717, 1.165) is 5.56 Å². The Bertz CT molecular complexity index is 943. The number of benzene rings is 1. The molecular formula is C24H30N2O7. The average Bonchev–Trinajstić information content (AvgIpc) is 3.07. The number of rotatable bonds is 9. The van der Waals surface area contributed by atoms with Gasteiger partial charge in [-0.15, -0.1) is 6.42 Å². The molecule has 1 atom stereocenters. The van der Waals surface area contributed by atoms with E-state index in [1.807, 2.05) is 0 Å². The van der Waals surface area contributed by atoms with E-state index in [0.29, 0.717) is 37.9 Å². The van der Waals surface area contributed by atoms with Crippen LogP contribution in [0.15, 0.2) is 18.2 Å². The van der Waals surface area contributed by atoms with Crippen LogP contribution in [-0.2, 0) is 25.5 Å². The summed E-state index contributed by atoms with van der Waals surface area (Å²) in [5.74, 6) is 0.917. The van der Waals surface area contributed by atoms with Crippen molar-refractivity contribution in [1.29, 1.82) is 0 Å². The van der Waals surface area contributed by atoms with Gasteiger partial charge in [0.25, 0.3) is 5.91 Å². The fourth-order valence-electron chi connectivity index (χ4n) is 3.35. The van der Waals surface area contributed by atoms with Crippen molar-refractivity contribution < 1.29 is 33.4 Å². The zero-order valence-corrected chi connectivity index (χ0v) is 19.4. The molecule has 2 rings (SSSR count). The number of alkyl carbamates (subject to hydrolysis) is 1. The average molecular weight is 459 g/mol. The van der Waals surface area contributed by atoms with E-state index in [2.05, 4.69) is 11.2 Å². The lowest BCUT2D eigenvalue weighted by Gasteiger charge is -2.23. The highest BCUT2D eigenvalue weighted by Crippen LogP contribution is 2.25. The molecule has 9 nitrogen and oxygen atoms in total. The second kappa shape index (κ2) is 11.4. The zero-order chi connectivity index (χ0) is 24.6. The van der Waals surface area contributed by atoms with E-state index in [4.69, 9.17) is 20.6 Å². The van der Waals surface area contributed by atoms with Crippen LogP contribution in [0.3, 0.4) is 0 Å². The van der Waals surface area contributed by atoms with Gasteiger partial charge < -0.3 is 24.4 Å². The van der Waals surface area contributed by atoms with Gasteiger partial charge in [-0.3, -0.25) is 4.79 Å². The van der Waals surface area contributed by atoms with Gasteiger partial charge >= 0.3 is 18.0 Å². The predicted octanol–water partition coefficient (Wildman–Crippen LogP) is 2.67. The normalized spacial score (nSPS) is 13.5. The molecule has 0 radical (unpaired) electrons. The molecule has 0 saturated heterocycles. The maximum absolute atomic E-state index is 12.7. The first-order chi connectivity index (χ1) is 15.6. The van der Waals surface area contributed by atoms with Crippen LogP contribution in [0.2, 0.25) is 0 Å². The molecule has 0 spiro atoms. The number of methoxy groups -OCH3 is 1. The Morgan fingerprint density at radius 2 is 1.97 bits per heavy atom.